The summed E-state index contributed by atoms with van der Waals surface area (Å²) in [7, 11) is 1.48. The van der Waals surface area contributed by atoms with E-state index in [1.165, 1.54) is 19.5 Å². The van der Waals surface area contributed by atoms with Crippen molar-refractivity contribution in [1.29, 1.82) is 5.26 Å². The Hall–Kier alpha value is -2.38. The average molecular weight is 287 g/mol. The van der Waals surface area contributed by atoms with Crippen molar-refractivity contribution in [3.05, 3.63) is 58.9 Å². The topological polar surface area (TPSA) is 63.0 Å². The number of ketones is 1. The second-order valence-corrected chi connectivity index (χ2v) is 4.46. The van der Waals surface area contributed by atoms with Gasteiger partial charge < -0.3 is 4.74 Å². The Morgan fingerprint density at radius 3 is 2.65 bits per heavy atom. The lowest BCUT2D eigenvalue weighted by Gasteiger charge is -2.11. The molecule has 1 atom stereocenters. The number of carbonyl (C=O) groups excluding carboxylic acids is 1. The molecule has 0 aliphatic carbocycles. The molecule has 0 saturated carbocycles. The van der Waals surface area contributed by atoms with E-state index in [0.29, 0.717) is 21.9 Å². The molecule has 0 N–H and O–H groups in total. The molecule has 1 aromatic carbocycles. The van der Waals surface area contributed by atoms with Gasteiger partial charge in [0.2, 0.25) is 0 Å². The third kappa shape index (κ3) is 2.79. The molecule has 1 aromatic heterocycles. The molecule has 0 saturated heterocycles. The highest BCUT2D eigenvalue weighted by molar-refractivity contribution is 6.32. The minimum atomic E-state index is -0.899. The van der Waals surface area contributed by atoms with Crippen LogP contribution in [0, 0.1) is 11.3 Å². The van der Waals surface area contributed by atoms with Crippen LogP contribution in [0.1, 0.15) is 21.8 Å². The zero-order valence-corrected chi connectivity index (χ0v) is 11.5. The maximum Gasteiger partial charge on any atom is 0.184 e. The molecule has 0 amide bonds. The van der Waals surface area contributed by atoms with E-state index in [0.717, 1.165) is 0 Å². The number of methoxy groups -OCH3 is 1. The van der Waals surface area contributed by atoms with Crippen molar-refractivity contribution in [3.8, 4) is 11.8 Å². The molecule has 0 radical (unpaired) electrons. The summed E-state index contributed by atoms with van der Waals surface area (Å²) in [6, 6.07) is 10.1. The van der Waals surface area contributed by atoms with Crippen molar-refractivity contribution in [2.45, 2.75) is 5.92 Å². The molecule has 1 unspecified atom stereocenters. The molecule has 2 rings (SSSR count). The van der Waals surface area contributed by atoms with E-state index in [2.05, 4.69) is 4.98 Å². The molecular weight excluding hydrogens is 276 g/mol. The lowest BCUT2D eigenvalue weighted by Crippen LogP contribution is -2.11. The number of nitrogens with zero attached hydrogens (tertiary/aromatic N) is 2. The SMILES string of the molecule is COc1cc(C(C#N)C(=O)c2ccncc2)ccc1Cl. The van der Waals surface area contributed by atoms with Crippen LogP contribution in [0.4, 0.5) is 0 Å². The van der Waals surface area contributed by atoms with Gasteiger partial charge in [-0.05, 0) is 29.8 Å². The molecule has 2 aromatic rings. The molecule has 20 heavy (non-hydrogen) atoms. The quantitative estimate of drug-likeness (QED) is 0.810. The number of halogens is 1. The normalized spacial score (nSPS) is 11.4. The molecule has 0 fully saturated rings. The summed E-state index contributed by atoms with van der Waals surface area (Å²) in [5.41, 5.74) is 0.996. The summed E-state index contributed by atoms with van der Waals surface area (Å²) in [6.07, 6.45) is 3.04. The molecule has 100 valence electrons. The van der Waals surface area contributed by atoms with Gasteiger partial charge in [0.25, 0.3) is 0 Å². The van der Waals surface area contributed by atoms with E-state index in [9.17, 15) is 10.1 Å². The van der Waals surface area contributed by atoms with Gasteiger partial charge in [0.1, 0.15) is 11.7 Å². The van der Waals surface area contributed by atoms with Gasteiger partial charge in [-0.3, -0.25) is 9.78 Å². The first-order chi connectivity index (χ1) is 9.67. The minimum Gasteiger partial charge on any atom is -0.495 e. The van der Waals surface area contributed by atoms with Crippen LogP contribution in [0.15, 0.2) is 42.7 Å². The average Bonchev–Trinajstić information content (AvgIpc) is 2.50. The number of hydrogen-bond donors (Lipinski definition) is 0. The summed E-state index contributed by atoms with van der Waals surface area (Å²) < 4.78 is 5.10. The second kappa shape index (κ2) is 6.18. The summed E-state index contributed by atoms with van der Waals surface area (Å²) in [5.74, 6) is -0.741. The first kappa shape index (κ1) is 14.0. The van der Waals surface area contributed by atoms with Crippen molar-refractivity contribution in [1.82, 2.24) is 4.98 Å². The van der Waals surface area contributed by atoms with Crippen LogP contribution in [0.5, 0.6) is 5.75 Å². The number of hydrogen-bond acceptors (Lipinski definition) is 4. The van der Waals surface area contributed by atoms with Gasteiger partial charge in [-0.1, -0.05) is 17.7 Å². The lowest BCUT2D eigenvalue weighted by atomic mass is 9.92. The van der Waals surface area contributed by atoms with Crippen molar-refractivity contribution in [2.24, 2.45) is 0 Å². The fraction of sp³-hybridized carbons (Fsp3) is 0.133. The Kier molecular flexibility index (Phi) is 4.34. The monoisotopic (exact) mass is 286 g/mol. The highest BCUT2D eigenvalue weighted by Crippen LogP contribution is 2.29. The van der Waals surface area contributed by atoms with Crippen LogP contribution in [0.2, 0.25) is 5.02 Å². The molecule has 0 aliphatic heterocycles. The summed E-state index contributed by atoms with van der Waals surface area (Å²) >= 11 is 5.94. The third-order valence-electron chi connectivity index (χ3n) is 2.86. The van der Waals surface area contributed by atoms with E-state index in [1.54, 1.807) is 30.3 Å². The number of ether oxygens (including phenoxy) is 1. The molecule has 5 heteroatoms. The summed E-state index contributed by atoms with van der Waals surface area (Å²) in [4.78, 5) is 16.2. The first-order valence-electron chi connectivity index (χ1n) is 5.84. The van der Waals surface area contributed by atoms with E-state index < -0.39 is 5.92 Å². The van der Waals surface area contributed by atoms with Crippen LogP contribution in [0.25, 0.3) is 0 Å². The zero-order valence-electron chi connectivity index (χ0n) is 10.7. The number of aromatic nitrogens is 1. The van der Waals surface area contributed by atoms with Gasteiger partial charge in [-0.2, -0.15) is 5.26 Å². The predicted octanol–water partition coefficient (Wildman–Crippen LogP) is 3.23. The van der Waals surface area contributed by atoms with Gasteiger partial charge in [-0.25, -0.2) is 0 Å². The Balaban J connectivity index is 2.39. The van der Waals surface area contributed by atoms with E-state index >= 15 is 0 Å². The van der Waals surface area contributed by atoms with Gasteiger partial charge >= 0.3 is 0 Å². The zero-order chi connectivity index (χ0) is 14.5. The fourth-order valence-corrected chi connectivity index (χ4v) is 2.02. The molecular formula is C15H11ClN2O2. The molecule has 1 heterocycles. The van der Waals surface area contributed by atoms with E-state index in [1.807, 2.05) is 6.07 Å². The molecule has 0 bridgehead atoms. The van der Waals surface area contributed by atoms with Crippen LogP contribution in [-0.2, 0) is 0 Å². The van der Waals surface area contributed by atoms with Crippen LogP contribution in [-0.4, -0.2) is 17.9 Å². The van der Waals surface area contributed by atoms with E-state index in [4.69, 9.17) is 16.3 Å². The third-order valence-corrected chi connectivity index (χ3v) is 3.18. The predicted molar refractivity (Wildman–Crippen MR) is 74.9 cm³/mol. The highest BCUT2D eigenvalue weighted by atomic mass is 35.5. The Morgan fingerprint density at radius 2 is 2.05 bits per heavy atom. The lowest BCUT2D eigenvalue weighted by molar-refractivity contribution is 0.0978. The first-order valence-corrected chi connectivity index (χ1v) is 6.22. The number of nitriles is 1. The minimum absolute atomic E-state index is 0.278. The number of benzene rings is 1. The Morgan fingerprint density at radius 1 is 1.35 bits per heavy atom. The Bertz CT molecular complexity index is 665. The Labute approximate surface area is 121 Å². The van der Waals surface area contributed by atoms with Gasteiger partial charge in [-0.15, -0.1) is 0 Å². The summed E-state index contributed by atoms with van der Waals surface area (Å²) in [6.45, 7) is 0. The second-order valence-electron chi connectivity index (χ2n) is 4.06. The largest absolute Gasteiger partial charge is 0.495 e. The fourth-order valence-electron chi connectivity index (χ4n) is 1.82. The standard InChI is InChI=1S/C15H11ClN2O2/c1-20-14-8-11(2-3-13(14)16)12(9-17)15(19)10-4-6-18-7-5-10/h2-8,12H,1H3. The van der Waals surface area contributed by atoms with Gasteiger partial charge in [0.15, 0.2) is 5.78 Å². The number of carbonyl (C=O) groups is 1. The van der Waals surface area contributed by atoms with Crippen molar-refractivity contribution in [3.63, 3.8) is 0 Å². The van der Waals surface area contributed by atoms with Crippen LogP contribution >= 0.6 is 11.6 Å². The van der Waals surface area contributed by atoms with E-state index in [-0.39, 0.29) is 5.78 Å². The van der Waals surface area contributed by atoms with Crippen molar-refractivity contribution >= 4 is 17.4 Å². The number of pyridine rings is 1. The number of Topliss-reactive ketones (excluding diaryl/α,β-unsaturated/α-hetero) is 1. The number of rotatable bonds is 4. The maximum atomic E-state index is 12.3. The van der Waals surface area contributed by atoms with Crippen molar-refractivity contribution < 1.29 is 9.53 Å². The maximum absolute atomic E-state index is 12.3. The molecule has 4 nitrogen and oxygen atoms in total. The van der Waals surface area contributed by atoms with Gasteiger partial charge in [0, 0.05) is 18.0 Å². The van der Waals surface area contributed by atoms with Gasteiger partial charge in [0.05, 0.1) is 18.2 Å². The summed E-state index contributed by atoms with van der Waals surface area (Å²) in [5, 5.41) is 9.72. The smallest absolute Gasteiger partial charge is 0.184 e. The van der Waals surface area contributed by atoms with Crippen LogP contribution < -0.4 is 4.74 Å². The highest BCUT2D eigenvalue weighted by Gasteiger charge is 2.22. The molecule has 0 aliphatic rings. The van der Waals surface area contributed by atoms with Crippen LogP contribution in [0.3, 0.4) is 0 Å². The van der Waals surface area contributed by atoms with Crippen molar-refractivity contribution in [2.75, 3.05) is 7.11 Å². The molecule has 0 spiro atoms.